The fourth-order valence-corrected chi connectivity index (χ4v) is 5.63. The number of allylic oxidation sites excluding steroid dienone is 1. The number of amidine groups is 1. The van der Waals surface area contributed by atoms with Gasteiger partial charge >= 0.3 is 0 Å². The smallest absolute Gasteiger partial charge is 0.240 e. The summed E-state index contributed by atoms with van der Waals surface area (Å²) in [5.41, 5.74) is 9.17. The standard InChI is InChI=1S/C24H30BClIN6O2S/c1-25-20(15-27)24-32-22(19-6-2-3-7-21(19)26)14-23(33(24)29)30-12-4-5-13-31-36(34,35)18-10-8-17(16-28)9-11-18/h2-3,6-11,14,31-32H,4-5,12-13,15-16,28-29H2,1H3/b24-20+,30-23?. The van der Waals surface area contributed by atoms with Crippen molar-refractivity contribution in [1.29, 1.82) is 0 Å². The molecular weight excluding hydrogens is 610 g/mol. The summed E-state index contributed by atoms with van der Waals surface area (Å²) in [7, 11) is -1.55. The van der Waals surface area contributed by atoms with Gasteiger partial charge in [0.15, 0.2) is 0 Å². The Bertz CT molecular complexity index is 1250. The van der Waals surface area contributed by atoms with Crippen molar-refractivity contribution in [3.8, 4) is 0 Å². The van der Waals surface area contributed by atoms with Crippen molar-refractivity contribution >= 4 is 63.0 Å². The number of halogens is 2. The van der Waals surface area contributed by atoms with Crippen LogP contribution in [0.15, 0.2) is 75.8 Å². The third kappa shape index (κ3) is 7.33. The van der Waals surface area contributed by atoms with E-state index in [4.69, 9.17) is 28.2 Å². The number of alkyl halides is 1. The monoisotopic (exact) mass is 639 g/mol. The SMILES string of the molecule is C[B]/C(CI)=C1\NC(c2ccccc2Cl)=CC(=NCCCCNS(=O)(=O)c2ccc(CN)cc2)N1N. The zero-order valence-electron chi connectivity index (χ0n) is 20.0. The molecule has 0 atom stereocenters. The number of sulfonamides is 1. The first-order valence-electron chi connectivity index (χ1n) is 11.5. The van der Waals surface area contributed by atoms with Gasteiger partial charge in [0.05, 0.1) is 10.6 Å². The molecule has 1 heterocycles. The maximum Gasteiger partial charge on any atom is 0.240 e. The number of hydrogen-bond acceptors (Lipinski definition) is 6. The van der Waals surface area contributed by atoms with E-state index in [-0.39, 0.29) is 4.90 Å². The Hall–Kier alpha value is -1.90. The van der Waals surface area contributed by atoms with Gasteiger partial charge in [0.2, 0.25) is 10.0 Å². The summed E-state index contributed by atoms with van der Waals surface area (Å²) in [6, 6.07) is 14.2. The van der Waals surface area contributed by atoms with E-state index in [1.165, 1.54) is 0 Å². The molecule has 0 saturated heterocycles. The number of rotatable bonds is 11. The van der Waals surface area contributed by atoms with Crippen molar-refractivity contribution in [1.82, 2.24) is 15.0 Å². The molecule has 3 rings (SSSR count). The van der Waals surface area contributed by atoms with Crippen molar-refractivity contribution in [3.63, 3.8) is 0 Å². The summed E-state index contributed by atoms with van der Waals surface area (Å²) in [6.07, 6.45) is 3.19. The minimum absolute atomic E-state index is 0.226. The highest BCUT2D eigenvalue weighted by molar-refractivity contribution is 14.1. The van der Waals surface area contributed by atoms with Gasteiger partial charge in [0.25, 0.3) is 0 Å². The summed E-state index contributed by atoms with van der Waals surface area (Å²) in [4.78, 5) is 4.93. The molecule has 0 amide bonds. The zero-order valence-corrected chi connectivity index (χ0v) is 23.8. The number of unbranched alkanes of at least 4 members (excludes halogenated alkanes) is 1. The summed E-state index contributed by atoms with van der Waals surface area (Å²) < 4.78 is 28.4. The first-order valence-corrected chi connectivity index (χ1v) is 14.9. The van der Waals surface area contributed by atoms with E-state index < -0.39 is 10.0 Å². The highest BCUT2D eigenvalue weighted by Gasteiger charge is 2.23. The summed E-state index contributed by atoms with van der Waals surface area (Å²) >= 11 is 8.74. The predicted octanol–water partition coefficient (Wildman–Crippen LogP) is 3.43. The highest BCUT2D eigenvalue weighted by Crippen LogP contribution is 2.26. The van der Waals surface area contributed by atoms with Gasteiger partial charge in [0, 0.05) is 40.7 Å². The molecule has 1 aliphatic rings. The molecule has 36 heavy (non-hydrogen) atoms. The summed E-state index contributed by atoms with van der Waals surface area (Å²) in [5, 5.41) is 5.57. The van der Waals surface area contributed by atoms with Crippen LogP contribution in [0.1, 0.15) is 24.0 Å². The third-order valence-electron chi connectivity index (χ3n) is 5.59. The van der Waals surface area contributed by atoms with Gasteiger partial charge in [0.1, 0.15) is 18.9 Å². The Morgan fingerprint density at radius 3 is 2.56 bits per heavy atom. The van der Waals surface area contributed by atoms with Gasteiger partial charge in [-0.05, 0) is 36.6 Å². The normalized spacial score (nSPS) is 16.5. The van der Waals surface area contributed by atoms with Crippen LogP contribution in [0.3, 0.4) is 0 Å². The van der Waals surface area contributed by atoms with Gasteiger partial charge in [-0.1, -0.05) is 76.8 Å². The van der Waals surface area contributed by atoms with Gasteiger partial charge in [-0.3, -0.25) is 4.99 Å². The fourth-order valence-electron chi connectivity index (χ4n) is 3.52. The lowest BCUT2D eigenvalue weighted by Crippen LogP contribution is -2.46. The van der Waals surface area contributed by atoms with Crippen molar-refractivity contribution in [2.75, 3.05) is 17.5 Å². The van der Waals surface area contributed by atoms with Crippen molar-refractivity contribution in [2.45, 2.75) is 31.1 Å². The topological polar surface area (TPSA) is 126 Å². The molecule has 8 nitrogen and oxygen atoms in total. The minimum Gasteiger partial charge on any atom is -0.341 e. The molecule has 2 aromatic rings. The van der Waals surface area contributed by atoms with Crippen LogP contribution in [0.2, 0.25) is 11.8 Å². The van der Waals surface area contributed by atoms with Gasteiger partial charge in [-0.15, -0.1) is 0 Å². The second-order valence-corrected chi connectivity index (χ2v) is 11.0. The van der Waals surface area contributed by atoms with E-state index in [0.717, 1.165) is 32.5 Å². The Balaban J connectivity index is 1.66. The molecule has 0 aromatic heterocycles. The van der Waals surface area contributed by atoms with Crippen LogP contribution in [0.5, 0.6) is 0 Å². The average Bonchev–Trinajstić information content (AvgIpc) is 2.88. The van der Waals surface area contributed by atoms with Crippen LogP contribution in [0.25, 0.3) is 5.70 Å². The lowest BCUT2D eigenvalue weighted by atomic mass is 9.73. The van der Waals surface area contributed by atoms with Crippen LogP contribution in [0, 0.1) is 0 Å². The second kappa shape index (κ2) is 13.6. The lowest BCUT2D eigenvalue weighted by Gasteiger charge is -2.31. The number of hydrazine groups is 1. The average molecular weight is 640 g/mol. The predicted molar refractivity (Wildman–Crippen MR) is 157 cm³/mol. The first kappa shape index (κ1) is 28.7. The van der Waals surface area contributed by atoms with Crippen molar-refractivity contribution in [2.24, 2.45) is 16.6 Å². The largest absolute Gasteiger partial charge is 0.341 e. The van der Waals surface area contributed by atoms with E-state index in [2.05, 4.69) is 32.6 Å². The van der Waals surface area contributed by atoms with Gasteiger partial charge in [-0.2, -0.15) is 0 Å². The number of nitrogens with one attached hydrogen (secondary N) is 2. The van der Waals surface area contributed by atoms with E-state index in [0.29, 0.717) is 43.3 Å². The van der Waals surface area contributed by atoms with Crippen LogP contribution < -0.4 is 21.6 Å². The van der Waals surface area contributed by atoms with Crippen LogP contribution in [-0.2, 0) is 16.6 Å². The maximum absolute atomic E-state index is 12.5. The van der Waals surface area contributed by atoms with Crippen molar-refractivity contribution < 1.29 is 8.42 Å². The molecule has 12 heteroatoms. The molecule has 0 bridgehead atoms. The van der Waals surface area contributed by atoms with Crippen LogP contribution in [0.4, 0.5) is 0 Å². The molecular formula is C24H30BClIN6O2S. The van der Waals surface area contributed by atoms with Crippen LogP contribution >= 0.6 is 34.2 Å². The number of hydrogen-bond donors (Lipinski definition) is 4. The molecule has 2 aromatic carbocycles. The van der Waals surface area contributed by atoms with Gasteiger partial charge < -0.3 is 11.1 Å². The van der Waals surface area contributed by atoms with Crippen LogP contribution in [-0.4, -0.2) is 44.1 Å². The fraction of sp³-hybridized carbons (Fsp3) is 0.292. The Labute approximate surface area is 232 Å². The molecule has 6 N–H and O–H groups in total. The first-order chi connectivity index (χ1) is 17.3. The lowest BCUT2D eigenvalue weighted by molar-refractivity contribution is 0.505. The van der Waals surface area contributed by atoms with E-state index >= 15 is 0 Å². The molecule has 0 saturated carbocycles. The molecule has 0 spiro atoms. The molecule has 1 radical (unpaired) electrons. The molecule has 0 fully saturated rings. The summed E-state index contributed by atoms with van der Waals surface area (Å²) in [6.45, 7) is 3.14. The third-order valence-corrected chi connectivity index (χ3v) is 8.22. The molecule has 0 unspecified atom stereocenters. The molecule has 0 aliphatic carbocycles. The molecule has 1 aliphatic heterocycles. The number of nitrogens with zero attached hydrogens (tertiary/aromatic N) is 2. The number of nitrogens with two attached hydrogens (primary N) is 2. The van der Waals surface area contributed by atoms with Gasteiger partial charge in [-0.25, -0.2) is 24.0 Å². The highest BCUT2D eigenvalue weighted by atomic mass is 127. The zero-order chi connectivity index (χ0) is 26.1. The minimum atomic E-state index is -3.56. The Kier molecular flexibility index (Phi) is 10.8. The summed E-state index contributed by atoms with van der Waals surface area (Å²) in [5.74, 6) is 7.77. The molecule has 191 valence electrons. The van der Waals surface area contributed by atoms with E-state index in [9.17, 15) is 8.42 Å². The Morgan fingerprint density at radius 1 is 1.19 bits per heavy atom. The Morgan fingerprint density at radius 2 is 1.92 bits per heavy atom. The van der Waals surface area contributed by atoms with E-state index in [1.807, 2.05) is 44.4 Å². The quantitative estimate of drug-likeness (QED) is 0.0982. The second-order valence-electron chi connectivity index (χ2n) is 8.02. The number of aliphatic imine (C=N–C) groups is 1. The number of benzene rings is 2. The van der Waals surface area contributed by atoms with E-state index in [1.54, 1.807) is 29.3 Å². The maximum atomic E-state index is 12.5. The van der Waals surface area contributed by atoms with Crippen molar-refractivity contribution in [3.05, 3.63) is 82.0 Å².